The average Bonchev–Trinajstić information content (AvgIpc) is 2.61. The summed E-state index contributed by atoms with van der Waals surface area (Å²) in [7, 11) is 1.66. The van der Waals surface area contributed by atoms with Gasteiger partial charge in [0.2, 0.25) is 5.91 Å². The molecule has 3 heteroatoms. The molecular weight excluding hydrogens is 298 g/mol. The lowest BCUT2D eigenvalue weighted by atomic mass is 9.97. The number of aryl methyl sites for hydroxylation is 1. The SMILES string of the molecule is CCc1ccc(C(C)C(=O)NC(C)Cc2cccc(OC)c2)cc1. The maximum atomic E-state index is 12.5. The van der Waals surface area contributed by atoms with E-state index in [1.54, 1.807) is 7.11 Å². The average molecular weight is 325 g/mol. The van der Waals surface area contributed by atoms with Gasteiger partial charge in [-0.1, -0.05) is 43.3 Å². The molecule has 2 atom stereocenters. The molecule has 2 rings (SSSR count). The lowest BCUT2D eigenvalue weighted by Crippen LogP contribution is -2.36. The van der Waals surface area contributed by atoms with Gasteiger partial charge in [-0.05, 0) is 55.5 Å². The fourth-order valence-electron chi connectivity index (χ4n) is 2.77. The summed E-state index contributed by atoms with van der Waals surface area (Å²) >= 11 is 0. The Morgan fingerprint density at radius 1 is 1.08 bits per heavy atom. The molecule has 0 spiro atoms. The van der Waals surface area contributed by atoms with Crippen LogP contribution < -0.4 is 10.1 Å². The third-order valence-electron chi connectivity index (χ3n) is 4.35. The maximum absolute atomic E-state index is 12.5. The number of hydrogen-bond acceptors (Lipinski definition) is 2. The molecule has 128 valence electrons. The van der Waals surface area contributed by atoms with Crippen LogP contribution in [0.5, 0.6) is 5.75 Å². The molecule has 1 amide bonds. The van der Waals surface area contributed by atoms with E-state index in [0.717, 1.165) is 29.7 Å². The third-order valence-corrected chi connectivity index (χ3v) is 4.35. The van der Waals surface area contributed by atoms with Crippen molar-refractivity contribution in [3.63, 3.8) is 0 Å². The molecule has 0 heterocycles. The predicted molar refractivity (Wildman–Crippen MR) is 98.5 cm³/mol. The number of carbonyl (C=O) groups excluding carboxylic acids is 1. The molecule has 2 unspecified atom stereocenters. The first-order chi connectivity index (χ1) is 11.5. The Balaban J connectivity index is 1.94. The van der Waals surface area contributed by atoms with Crippen LogP contribution in [0.25, 0.3) is 0 Å². The van der Waals surface area contributed by atoms with Gasteiger partial charge in [0, 0.05) is 6.04 Å². The molecular formula is C21H27NO2. The van der Waals surface area contributed by atoms with Crippen molar-refractivity contribution < 1.29 is 9.53 Å². The standard InChI is InChI=1S/C21H27NO2/c1-5-17-9-11-19(12-10-17)16(3)21(23)22-15(2)13-18-7-6-8-20(14-18)24-4/h6-12,14-16H,5,13H2,1-4H3,(H,22,23). The fraction of sp³-hybridized carbons (Fsp3) is 0.381. The Kier molecular flexibility index (Phi) is 6.42. The summed E-state index contributed by atoms with van der Waals surface area (Å²) < 4.78 is 5.25. The van der Waals surface area contributed by atoms with E-state index >= 15 is 0 Å². The second kappa shape index (κ2) is 8.53. The largest absolute Gasteiger partial charge is 0.497 e. The first-order valence-corrected chi connectivity index (χ1v) is 8.55. The van der Waals surface area contributed by atoms with E-state index < -0.39 is 0 Å². The van der Waals surface area contributed by atoms with Crippen LogP contribution in [-0.2, 0) is 17.6 Å². The molecule has 0 fully saturated rings. The molecule has 2 aromatic rings. The summed E-state index contributed by atoms with van der Waals surface area (Å²) in [6.07, 6.45) is 1.79. The van der Waals surface area contributed by atoms with Gasteiger partial charge < -0.3 is 10.1 Å². The van der Waals surface area contributed by atoms with E-state index in [1.165, 1.54) is 5.56 Å². The molecule has 1 N–H and O–H groups in total. The minimum atomic E-state index is -0.149. The monoisotopic (exact) mass is 325 g/mol. The summed E-state index contributed by atoms with van der Waals surface area (Å²) in [6.45, 7) is 6.12. The second-order valence-corrected chi connectivity index (χ2v) is 6.28. The van der Waals surface area contributed by atoms with E-state index in [0.29, 0.717) is 0 Å². The molecule has 0 aliphatic heterocycles. The van der Waals surface area contributed by atoms with Gasteiger partial charge in [0.1, 0.15) is 5.75 Å². The maximum Gasteiger partial charge on any atom is 0.227 e. The molecule has 2 aromatic carbocycles. The lowest BCUT2D eigenvalue weighted by molar-refractivity contribution is -0.122. The van der Waals surface area contributed by atoms with Crippen LogP contribution in [-0.4, -0.2) is 19.1 Å². The van der Waals surface area contributed by atoms with E-state index in [1.807, 2.05) is 32.0 Å². The normalized spacial score (nSPS) is 13.2. The molecule has 0 saturated heterocycles. The predicted octanol–water partition coefficient (Wildman–Crippen LogP) is 4.11. The van der Waals surface area contributed by atoms with Crippen LogP contribution in [0.4, 0.5) is 0 Å². The van der Waals surface area contributed by atoms with Crippen molar-refractivity contribution in [3.05, 3.63) is 65.2 Å². The quantitative estimate of drug-likeness (QED) is 0.832. The highest BCUT2D eigenvalue weighted by molar-refractivity contribution is 5.83. The van der Waals surface area contributed by atoms with Crippen LogP contribution in [0, 0.1) is 0 Å². The second-order valence-electron chi connectivity index (χ2n) is 6.28. The van der Waals surface area contributed by atoms with Crippen LogP contribution in [0.1, 0.15) is 43.4 Å². The number of amides is 1. The number of nitrogens with one attached hydrogen (secondary N) is 1. The van der Waals surface area contributed by atoms with Gasteiger partial charge in [0.25, 0.3) is 0 Å². The molecule has 0 aromatic heterocycles. The van der Waals surface area contributed by atoms with Crippen molar-refractivity contribution in [2.75, 3.05) is 7.11 Å². The molecule has 24 heavy (non-hydrogen) atoms. The molecule has 0 aliphatic carbocycles. The zero-order valence-corrected chi connectivity index (χ0v) is 15.0. The van der Waals surface area contributed by atoms with Gasteiger partial charge in [-0.3, -0.25) is 4.79 Å². The summed E-state index contributed by atoms with van der Waals surface area (Å²) in [5.41, 5.74) is 3.50. The Bertz CT molecular complexity index is 664. The van der Waals surface area contributed by atoms with Gasteiger partial charge in [-0.2, -0.15) is 0 Å². The van der Waals surface area contributed by atoms with Crippen molar-refractivity contribution in [2.24, 2.45) is 0 Å². The number of benzene rings is 2. The summed E-state index contributed by atoms with van der Waals surface area (Å²) in [4.78, 5) is 12.5. The van der Waals surface area contributed by atoms with Crippen LogP contribution >= 0.6 is 0 Å². The van der Waals surface area contributed by atoms with E-state index in [9.17, 15) is 4.79 Å². The molecule has 0 radical (unpaired) electrons. The third kappa shape index (κ3) is 4.85. The van der Waals surface area contributed by atoms with Gasteiger partial charge >= 0.3 is 0 Å². The topological polar surface area (TPSA) is 38.3 Å². The molecule has 0 saturated carbocycles. The summed E-state index contributed by atoms with van der Waals surface area (Å²) in [5.74, 6) is 0.758. The number of hydrogen-bond donors (Lipinski definition) is 1. The number of rotatable bonds is 7. The van der Waals surface area contributed by atoms with Crippen LogP contribution in [0.2, 0.25) is 0 Å². The van der Waals surface area contributed by atoms with Crippen molar-refractivity contribution in [3.8, 4) is 5.75 Å². The van der Waals surface area contributed by atoms with Gasteiger partial charge in [0.05, 0.1) is 13.0 Å². The molecule has 3 nitrogen and oxygen atoms in total. The van der Waals surface area contributed by atoms with Gasteiger partial charge in [-0.25, -0.2) is 0 Å². The van der Waals surface area contributed by atoms with Crippen molar-refractivity contribution >= 4 is 5.91 Å². The minimum absolute atomic E-state index is 0.0645. The van der Waals surface area contributed by atoms with Crippen molar-refractivity contribution in [1.29, 1.82) is 0 Å². The highest BCUT2D eigenvalue weighted by atomic mass is 16.5. The first kappa shape index (κ1) is 18.1. The van der Waals surface area contributed by atoms with Gasteiger partial charge in [0.15, 0.2) is 0 Å². The summed E-state index contributed by atoms with van der Waals surface area (Å²) in [6, 6.07) is 16.3. The van der Waals surface area contributed by atoms with E-state index in [2.05, 4.69) is 42.6 Å². The smallest absolute Gasteiger partial charge is 0.227 e. The number of methoxy groups -OCH3 is 1. The fourth-order valence-corrected chi connectivity index (χ4v) is 2.77. The lowest BCUT2D eigenvalue weighted by Gasteiger charge is -2.18. The Labute approximate surface area is 145 Å². The zero-order valence-electron chi connectivity index (χ0n) is 15.0. The van der Waals surface area contributed by atoms with E-state index in [-0.39, 0.29) is 17.9 Å². The van der Waals surface area contributed by atoms with Crippen molar-refractivity contribution in [2.45, 2.75) is 45.6 Å². The highest BCUT2D eigenvalue weighted by Crippen LogP contribution is 2.18. The Morgan fingerprint density at radius 3 is 2.42 bits per heavy atom. The van der Waals surface area contributed by atoms with Gasteiger partial charge in [-0.15, -0.1) is 0 Å². The Hall–Kier alpha value is -2.29. The van der Waals surface area contributed by atoms with Crippen LogP contribution in [0.15, 0.2) is 48.5 Å². The van der Waals surface area contributed by atoms with Crippen LogP contribution in [0.3, 0.4) is 0 Å². The van der Waals surface area contributed by atoms with E-state index in [4.69, 9.17) is 4.74 Å². The molecule has 0 aliphatic rings. The number of carbonyl (C=O) groups is 1. The number of ether oxygens (including phenoxy) is 1. The highest BCUT2D eigenvalue weighted by Gasteiger charge is 2.17. The summed E-state index contributed by atoms with van der Waals surface area (Å²) in [5, 5.41) is 3.11. The molecule has 0 bridgehead atoms. The first-order valence-electron chi connectivity index (χ1n) is 8.55. The minimum Gasteiger partial charge on any atom is -0.497 e. The Morgan fingerprint density at radius 2 is 1.79 bits per heavy atom. The van der Waals surface area contributed by atoms with Crippen molar-refractivity contribution in [1.82, 2.24) is 5.32 Å². The zero-order chi connectivity index (χ0) is 17.5.